The highest BCUT2D eigenvalue weighted by Crippen LogP contribution is 2.39. The Balaban J connectivity index is 1.60. The number of hydrogen-bond acceptors (Lipinski definition) is 4. The number of carbonyl (C=O) groups excluding carboxylic acids is 1. The number of unbranched alkanes of at least 4 members (excludes halogenated alkanes) is 4. The van der Waals surface area contributed by atoms with Crippen LogP contribution in [0, 0.1) is 0 Å². The number of ether oxygens (including phenoxy) is 2. The van der Waals surface area contributed by atoms with Crippen molar-refractivity contribution in [3.8, 4) is 16.9 Å². The Morgan fingerprint density at radius 1 is 0.917 bits per heavy atom. The van der Waals surface area contributed by atoms with Crippen LogP contribution in [0.2, 0.25) is 0 Å². The fraction of sp³-hybridized carbons (Fsp3) is 0.310. The number of amides is 1. The first-order valence-electron chi connectivity index (χ1n) is 12.1. The van der Waals surface area contributed by atoms with Gasteiger partial charge in [-0.2, -0.15) is 0 Å². The molecule has 2 N–H and O–H groups in total. The summed E-state index contributed by atoms with van der Waals surface area (Å²) >= 11 is 3.55. The monoisotopic (exact) mass is 553 g/mol. The van der Waals surface area contributed by atoms with Crippen molar-refractivity contribution in [3.05, 3.63) is 87.9 Å². The maximum Gasteiger partial charge on any atom is 0.335 e. The van der Waals surface area contributed by atoms with Crippen molar-refractivity contribution >= 4 is 27.8 Å². The Labute approximate surface area is 220 Å². The second kappa shape index (κ2) is 14.4. The number of aromatic carboxylic acids is 1. The normalized spacial score (nSPS) is 10.7. The van der Waals surface area contributed by atoms with Crippen molar-refractivity contribution in [1.29, 1.82) is 0 Å². The number of carbonyl (C=O) groups is 2. The zero-order valence-electron chi connectivity index (χ0n) is 20.5. The molecular weight excluding hydrogens is 522 g/mol. The van der Waals surface area contributed by atoms with E-state index in [1.807, 2.05) is 6.07 Å². The van der Waals surface area contributed by atoms with Gasteiger partial charge in [0.05, 0.1) is 10.0 Å². The largest absolute Gasteiger partial charge is 0.478 e. The van der Waals surface area contributed by atoms with Crippen LogP contribution in [0.3, 0.4) is 0 Å². The Bertz CT molecular complexity index is 1150. The van der Waals surface area contributed by atoms with Crippen LogP contribution in [0.15, 0.2) is 71.2 Å². The van der Waals surface area contributed by atoms with Crippen LogP contribution in [0.25, 0.3) is 11.1 Å². The molecule has 0 bridgehead atoms. The third kappa shape index (κ3) is 7.93. The second-order valence-electron chi connectivity index (χ2n) is 8.50. The van der Waals surface area contributed by atoms with Crippen molar-refractivity contribution in [2.24, 2.45) is 0 Å². The number of aryl methyl sites for hydroxylation is 1. The molecule has 0 aliphatic carbocycles. The van der Waals surface area contributed by atoms with E-state index in [9.17, 15) is 14.7 Å². The molecule has 0 atom stereocenters. The van der Waals surface area contributed by atoms with Gasteiger partial charge >= 0.3 is 5.97 Å². The van der Waals surface area contributed by atoms with Crippen LogP contribution in [0.4, 0.5) is 0 Å². The molecule has 3 rings (SSSR count). The van der Waals surface area contributed by atoms with Gasteiger partial charge in [-0.3, -0.25) is 4.79 Å². The van der Waals surface area contributed by atoms with Gasteiger partial charge in [0.2, 0.25) is 0 Å². The smallest absolute Gasteiger partial charge is 0.335 e. The second-order valence-corrected chi connectivity index (χ2v) is 9.29. The molecule has 0 saturated carbocycles. The summed E-state index contributed by atoms with van der Waals surface area (Å²) in [5, 5.41) is 12.4. The first-order chi connectivity index (χ1) is 17.5. The Hall–Kier alpha value is -3.16. The van der Waals surface area contributed by atoms with E-state index in [1.54, 1.807) is 30.3 Å². The van der Waals surface area contributed by atoms with E-state index in [-0.39, 0.29) is 18.3 Å². The molecule has 3 aromatic carbocycles. The molecule has 36 heavy (non-hydrogen) atoms. The third-order valence-electron chi connectivity index (χ3n) is 5.85. The van der Waals surface area contributed by atoms with Crippen LogP contribution in [0.1, 0.15) is 58.4 Å². The lowest BCUT2D eigenvalue weighted by molar-refractivity contribution is 0.0506. The van der Waals surface area contributed by atoms with Crippen LogP contribution in [-0.2, 0) is 11.2 Å². The zero-order chi connectivity index (χ0) is 25.8. The molecule has 0 radical (unpaired) electrons. The van der Waals surface area contributed by atoms with E-state index >= 15 is 0 Å². The highest BCUT2D eigenvalue weighted by atomic mass is 79.9. The van der Waals surface area contributed by atoms with E-state index < -0.39 is 5.97 Å². The molecule has 0 heterocycles. The van der Waals surface area contributed by atoms with Gasteiger partial charge in [0.25, 0.3) is 5.91 Å². The minimum Gasteiger partial charge on any atom is -0.478 e. The van der Waals surface area contributed by atoms with Gasteiger partial charge in [-0.1, -0.05) is 61.7 Å². The number of carboxylic acid groups (broad SMARTS) is 1. The molecule has 0 aromatic heterocycles. The third-order valence-corrected chi connectivity index (χ3v) is 6.64. The molecule has 0 fully saturated rings. The molecule has 0 spiro atoms. The molecule has 0 aliphatic rings. The molecule has 0 saturated heterocycles. The molecule has 3 aromatic rings. The summed E-state index contributed by atoms with van der Waals surface area (Å²) in [7, 11) is 1.52. The van der Waals surface area contributed by atoms with Gasteiger partial charge in [0, 0.05) is 24.8 Å². The minimum atomic E-state index is -1.03. The summed E-state index contributed by atoms with van der Waals surface area (Å²) in [4.78, 5) is 24.6. The minimum absolute atomic E-state index is 0.0457. The van der Waals surface area contributed by atoms with Gasteiger partial charge in [-0.15, -0.1) is 0 Å². The fourth-order valence-corrected chi connectivity index (χ4v) is 4.69. The number of hydrogen-bond donors (Lipinski definition) is 2. The van der Waals surface area contributed by atoms with Gasteiger partial charge in [-0.25, -0.2) is 4.79 Å². The van der Waals surface area contributed by atoms with Crippen molar-refractivity contribution in [2.75, 3.05) is 20.4 Å². The summed E-state index contributed by atoms with van der Waals surface area (Å²) in [5.41, 5.74) is 3.14. The number of carboxylic acids is 1. The number of nitrogens with one attached hydrogen (secondary N) is 1. The standard InChI is InChI=1S/C29H32BrNO5/c1-35-20-36-25-17-16-24(26(27(25)30)22-14-10-15-23(19-22)29(33)34)28(32)31-18-9-4-2-3-6-11-21-12-7-5-8-13-21/h5,7-8,10,12-17,19H,2-4,6,9,11,18,20H2,1H3,(H,31,32)(H,33,34). The molecule has 0 unspecified atom stereocenters. The summed E-state index contributed by atoms with van der Waals surface area (Å²) in [6, 6.07) is 20.4. The van der Waals surface area contributed by atoms with Crippen LogP contribution in [0.5, 0.6) is 5.75 Å². The number of benzene rings is 3. The van der Waals surface area contributed by atoms with Crippen molar-refractivity contribution in [3.63, 3.8) is 0 Å². The van der Waals surface area contributed by atoms with Crippen molar-refractivity contribution in [1.82, 2.24) is 5.32 Å². The van der Waals surface area contributed by atoms with Gasteiger partial charge < -0.3 is 19.9 Å². The predicted molar refractivity (Wildman–Crippen MR) is 145 cm³/mol. The highest BCUT2D eigenvalue weighted by molar-refractivity contribution is 9.10. The summed E-state index contributed by atoms with van der Waals surface area (Å²) < 4.78 is 11.2. The molecule has 7 heteroatoms. The maximum atomic E-state index is 13.1. The zero-order valence-corrected chi connectivity index (χ0v) is 22.1. The SMILES string of the molecule is COCOc1ccc(C(=O)NCCCCCCCc2ccccc2)c(-c2cccc(C(=O)O)c2)c1Br. The summed E-state index contributed by atoms with van der Waals surface area (Å²) in [5.74, 6) is -0.747. The van der Waals surface area contributed by atoms with Crippen molar-refractivity contribution < 1.29 is 24.2 Å². The molecule has 0 aliphatic heterocycles. The lowest BCUT2D eigenvalue weighted by Crippen LogP contribution is -2.25. The topological polar surface area (TPSA) is 84.9 Å². The van der Waals surface area contributed by atoms with Gasteiger partial charge in [0.1, 0.15) is 5.75 Å². The Morgan fingerprint density at radius 3 is 2.42 bits per heavy atom. The van der Waals surface area contributed by atoms with Gasteiger partial charge in [-0.05, 0) is 70.6 Å². The van der Waals surface area contributed by atoms with Crippen LogP contribution >= 0.6 is 15.9 Å². The molecule has 190 valence electrons. The molecular formula is C29H32BrNO5. The van der Waals surface area contributed by atoms with E-state index in [1.165, 1.54) is 31.6 Å². The summed E-state index contributed by atoms with van der Waals surface area (Å²) in [6.45, 7) is 0.621. The lowest BCUT2D eigenvalue weighted by atomic mass is 9.97. The number of methoxy groups -OCH3 is 1. The van der Waals surface area contributed by atoms with Crippen LogP contribution < -0.4 is 10.1 Å². The first kappa shape index (κ1) is 27.4. The van der Waals surface area contributed by atoms with E-state index in [4.69, 9.17) is 9.47 Å². The number of rotatable bonds is 14. The molecule has 1 amide bonds. The van der Waals surface area contributed by atoms with Crippen LogP contribution in [-0.4, -0.2) is 37.4 Å². The molecule has 6 nitrogen and oxygen atoms in total. The Kier molecular flexibility index (Phi) is 11.0. The number of halogens is 1. The maximum absolute atomic E-state index is 13.1. The lowest BCUT2D eigenvalue weighted by Gasteiger charge is -2.16. The van der Waals surface area contributed by atoms with E-state index in [2.05, 4.69) is 45.5 Å². The average molecular weight is 554 g/mol. The fourth-order valence-electron chi connectivity index (χ4n) is 4.00. The predicted octanol–water partition coefficient (Wildman–Crippen LogP) is 6.72. The Morgan fingerprint density at radius 2 is 1.67 bits per heavy atom. The van der Waals surface area contributed by atoms with Gasteiger partial charge in [0.15, 0.2) is 6.79 Å². The van der Waals surface area contributed by atoms with Crippen molar-refractivity contribution in [2.45, 2.75) is 38.5 Å². The highest BCUT2D eigenvalue weighted by Gasteiger charge is 2.20. The summed E-state index contributed by atoms with van der Waals surface area (Å²) in [6.07, 6.45) is 6.52. The van der Waals surface area contributed by atoms with E-state index in [0.717, 1.165) is 25.7 Å². The first-order valence-corrected chi connectivity index (χ1v) is 12.9. The van der Waals surface area contributed by atoms with E-state index in [0.29, 0.717) is 33.5 Å². The average Bonchev–Trinajstić information content (AvgIpc) is 2.89. The quantitative estimate of drug-likeness (QED) is 0.171.